The highest BCUT2D eigenvalue weighted by molar-refractivity contribution is 6.07. The fourth-order valence-corrected chi connectivity index (χ4v) is 12.8. The molecule has 16 nitrogen and oxygen atoms in total. The van der Waals surface area contributed by atoms with Crippen molar-refractivity contribution < 1.29 is 52.4 Å². The Kier molecular flexibility index (Phi) is 23.6. The monoisotopic (exact) mass is 1160 g/mol. The number of ether oxygens (including phenoxy) is 3. The Balaban J connectivity index is 0.000000245. The first kappa shape index (κ1) is 65.0. The molecule has 4 fully saturated rings. The number of aliphatic hydroxyl groups is 1. The lowest BCUT2D eigenvalue weighted by atomic mass is 9.89. The summed E-state index contributed by atoms with van der Waals surface area (Å²) in [7, 11) is 0. The number of rotatable bonds is 23. The number of imide groups is 1. The van der Waals surface area contributed by atoms with E-state index < -0.39 is 29.7 Å². The maximum atomic E-state index is 16.8. The molecule has 0 bridgehead atoms. The molecule has 0 radical (unpaired) electrons. The zero-order valence-corrected chi connectivity index (χ0v) is 51.2. The molecule has 84 heavy (non-hydrogen) atoms. The Hall–Kier alpha value is -6.53. The van der Waals surface area contributed by atoms with E-state index in [0.29, 0.717) is 91.6 Å². The zero-order valence-electron chi connectivity index (χ0n) is 51.2. The SMILES string of the molecule is CC.CCCC(=O)N(c1ccc(OCCCC(CCC)CCC(C)CC)cc1C)C1CCC(=O)NC1=O.CCc1c(F)ccc2cc(O)cc(-c3ncc4c(N5CCCC(O)C5)nc(OCC56CCCN5C(COC(C)=O)CC6)nc4c3F)c12. The Morgan fingerprint density at radius 1 is 0.929 bits per heavy atom. The number of fused-ring (bicyclic) bond motifs is 3. The molecule has 3 aromatic carbocycles. The van der Waals surface area contributed by atoms with E-state index in [4.69, 9.17) is 19.2 Å². The third-order valence-corrected chi connectivity index (χ3v) is 17.3. The van der Waals surface area contributed by atoms with Crippen LogP contribution in [0.1, 0.15) is 176 Å². The smallest absolute Gasteiger partial charge is 0.319 e. The van der Waals surface area contributed by atoms with E-state index in [0.717, 1.165) is 68.2 Å². The van der Waals surface area contributed by atoms with Crippen LogP contribution in [0.25, 0.3) is 32.9 Å². The summed E-state index contributed by atoms with van der Waals surface area (Å²) in [5.74, 6) is 0.434. The van der Waals surface area contributed by atoms with Crippen molar-refractivity contribution in [2.24, 2.45) is 11.8 Å². The van der Waals surface area contributed by atoms with Crippen molar-refractivity contribution in [3.63, 3.8) is 0 Å². The number of carbonyl (C=O) groups excluding carboxylic acids is 4. The molecule has 0 saturated carbocycles. The number of nitrogens with zero attached hydrogens (tertiary/aromatic N) is 6. The molecule has 458 valence electrons. The summed E-state index contributed by atoms with van der Waals surface area (Å²) in [5, 5.41) is 24.8. The van der Waals surface area contributed by atoms with Gasteiger partial charge in [0, 0.05) is 56.3 Å². The Morgan fingerprint density at radius 2 is 1.73 bits per heavy atom. The lowest BCUT2D eigenvalue weighted by molar-refractivity contribution is -0.142. The third-order valence-electron chi connectivity index (χ3n) is 17.3. The highest BCUT2D eigenvalue weighted by Crippen LogP contribution is 2.44. The molecule has 3 N–H and O–H groups in total. The average Bonchev–Trinajstić information content (AvgIpc) is 1.71. The first-order chi connectivity index (χ1) is 40.5. The van der Waals surface area contributed by atoms with E-state index in [1.807, 2.05) is 57.7 Å². The van der Waals surface area contributed by atoms with Crippen LogP contribution in [0.2, 0.25) is 0 Å². The largest absolute Gasteiger partial charge is 0.508 e. The van der Waals surface area contributed by atoms with E-state index in [1.54, 1.807) is 11.0 Å². The first-order valence-electron chi connectivity index (χ1n) is 31.1. The summed E-state index contributed by atoms with van der Waals surface area (Å²) >= 11 is 0. The minimum Gasteiger partial charge on any atom is -0.508 e. The van der Waals surface area contributed by atoms with Crippen LogP contribution in [0.5, 0.6) is 17.5 Å². The van der Waals surface area contributed by atoms with Crippen LogP contribution < -0.4 is 24.6 Å². The van der Waals surface area contributed by atoms with Crippen molar-refractivity contribution in [1.29, 1.82) is 0 Å². The summed E-state index contributed by atoms with van der Waals surface area (Å²) in [4.78, 5) is 68.3. The highest BCUT2D eigenvalue weighted by Gasteiger charge is 2.50. The fourth-order valence-electron chi connectivity index (χ4n) is 12.8. The minimum atomic E-state index is -0.741. The molecule has 4 saturated heterocycles. The number of esters is 1. The molecular weight excluding hydrogens is 1070 g/mol. The van der Waals surface area contributed by atoms with Gasteiger partial charge < -0.3 is 29.3 Å². The van der Waals surface area contributed by atoms with Gasteiger partial charge >= 0.3 is 12.0 Å². The highest BCUT2D eigenvalue weighted by atomic mass is 19.1. The van der Waals surface area contributed by atoms with Crippen LogP contribution in [0.3, 0.4) is 0 Å². The predicted octanol–water partition coefficient (Wildman–Crippen LogP) is 12.7. The maximum Gasteiger partial charge on any atom is 0.319 e. The van der Waals surface area contributed by atoms with Gasteiger partial charge in [-0.3, -0.25) is 39.3 Å². The second-order valence-corrected chi connectivity index (χ2v) is 23.2. The van der Waals surface area contributed by atoms with Crippen LogP contribution in [0, 0.1) is 30.4 Å². The molecule has 6 heterocycles. The molecule has 6 unspecified atom stereocenters. The van der Waals surface area contributed by atoms with Crippen molar-refractivity contribution in [3.8, 4) is 28.8 Å². The molecule has 5 aromatic rings. The molecule has 18 heteroatoms. The number of aromatic nitrogens is 3. The third kappa shape index (κ3) is 15.7. The van der Waals surface area contributed by atoms with Crippen LogP contribution in [-0.4, -0.2) is 117 Å². The Labute approximate surface area is 495 Å². The van der Waals surface area contributed by atoms with Crippen molar-refractivity contribution >= 4 is 56.9 Å². The number of phenolic OH excluding ortho intramolecular Hbond substituents is 1. The van der Waals surface area contributed by atoms with Gasteiger partial charge in [0.05, 0.1) is 23.6 Å². The summed E-state index contributed by atoms with van der Waals surface area (Å²) in [6.45, 7) is 21.1. The Morgan fingerprint density at radius 3 is 2.43 bits per heavy atom. The topological polar surface area (TPSA) is 197 Å². The summed E-state index contributed by atoms with van der Waals surface area (Å²) in [5.41, 5.74) is 1.90. The number of carbonyl (C=O) groups is 4. The van der Waals surface area contributed by atoms with E-state index in [-0.39, 0.29) is 70.9 Å². The number of halogens is 2. The van der Waals surface area contributed by atoms with Crippen molar-refractivity contribution in [2.45, 2.75) is 202 Å². The predicted molar refractivity (Wildman–Crippen MR) is 325 cm³/mol. The number of anilines is 2. The number of piperidine rings is 2. The van der Waals surface area contributed by atoms with Gasteiger partial charge in [0.25, 0.3) is 0 Å². The van der Waals surface area contributed by atoms with Gasteiger partial charge in [0.1, 0.15) is 53.6 Å². The molecule has 3 amide bonds. The number of hydrogen-bond acceptors (Lipinski definition) is 14. The molecule has 4 aliphatic rings. The van der Waals surface area contributed by atoms with E-state index in [2.05, 4.69) is 41.0 Å². The van der Waals surface area contributed by atoms with E-state index in [9.17, 15) is 33.8 Å². The quantitative estimate of drug-likeness (QED) is 0.0317. The molecule has 0 spiro atoms. The molecule has 6 atom stereocenters. The summed E-state index contributed by atoms with van der Waals surface area (Å²) < 4.78 is 49.5. The van der Waals surface area contributed by atoms with Gasteiger partial charge in [0.15, 0.2) is 5.82 Å². The van der Waals surface area contributed by atoms with E-state index in [1.165, 1.54) is 69.8 Å². The zero-order chi connectivity index (χ0) is 60.7. The summed E-state index contributed by atoms with van der Waals surface area (Å²) in [6.07, 6.45) is 16.5. The molecular formula is C66H91F2N7O9. The van der Waals surface area contributed by atoms with Gasteiger partial charge in [-0.1, -0.05) is 86.6 Å². The molecule has 2 aromatic heterocycles. The van der Waals surface area contributed by atoms with Crippen LogP contribution in [0.4, 0.5) is 20.3 Å². The van der Waals surface area contributed by atoms with Gasteiger partial charge in [-0.25, -0.2) is 8.78 Å². The number of amides is 3. The minimum absolute atomic E-state index is 0.00864. The Bertz CT molecular complexity index is 3070. The number of aliphatic hydroxyl groups excluding tert-OH is 1. The second kappa shape index (κ2) is 30.5. The van der Waals surface area contributed by atoms with Crippen LogP contribution >= 0.6 is 0 Å². The molecule has 9 rings (SSSR count). The number of hydrogen-bond donors (Lipinski definition) is 3. The average molecular weight is 1160 g/mol. The number of nitrogens with one attached hydrogen (secondary N) is 1. The van der Waals surface area contributed by atoms with Crippen LogP contribution in [-0.2, 0) is 30.3 Å². The normalized spacial score (nSPS) is 20.3. The number of phenols is 1. The molecule has 4 aliphatic heterocycles. The number of benzene rings is 3. The summed E-state index contributed by atoms with van der Waals surface area (Å²) in [6, 6.07) is 11.0. The van der Waals surface area contributed by atoms with Crippen molar-refractivity contribution in [2.75, 3.05) is 49.3 Å². The van der Waals surface area contributed by atoms with Gasteiger partial charge in [-0.15, -0.1) is 0 Å². The lowest BCUT2D eigenvalue weighted by Gasteiger charge is -2.34. The van der Waals surface area contributed by atoms with Gasteiger partial charge in [-0.2, -0.15) is 9.97 Å². The first-order valence-corrected chi connectivity index (χ1v) is 31.1. The number of aryl methyl sites for hydroxylation is 2. The lowest BCUT2D eigenvalue weighted by Crippen LogP contribution is -2.54. The second-order valence-electron chi connectivity index (χ2n) is 23.2. The maximum absolute atomic E-state index is 16.8. The standard InChI is InChI=1S/C35H39F2N5O5.C29H46N2O4.C2H6/c1-3-25-28(36)8-7-21-14-24(45)15-26(29(21)25)31-30(37)32-27(16-38-31)33(41-12-4-6-23(44)17-41)40-34(39-32)47-19-35-10-5-13-42(35)22(9-11-35)18-46-20(2)43;1-6-10-23(14-13-21(4)8-3)12-9-19-35-24-15-16-25(22(5)20-24)31(28(33)11-7-2)26-17-18-27(32)30-29(26)34;1-2/h7-8,14-16,22-23,44-45H,3-6,9-13,17-19H2,1-2H3;15-16,20-21,23,26H,6-14,17-19H2,1-5H3,(H,30,32,34);1-2H3. The molecule has 0 aliphatic carbocycles. The van der Waals surface area contributed by atoms with Crippen molar-refractivity contribution in [3.05, 3.63) is 71.4 Å². The number of aromatic hydroxyl groups is 1. The van der Waals surface area contributed by atoms with Crippen molar-refractivity contribution in [1.82, 2.24) is 25.2 Å². The number of β-amino-alcohol motifs (C(OH)–C–C–N with tert-alkyl or cyclic N) is 1. The number of pyridine rings is 1. The van der Waals surface area contributed by atoms with Crippen LogP contribution in [0.15, 0.2) is 48.7 Å². The van der Waals surface area contributed by atoms with Gasteiger partial charge in [0.2, 0.25) is 17.7 Å². The van der Waals surface area contributed by atoms with E-state index >= 15 is 4.39 Å². The van der Waals surface area contributed by atoms with Gasteiger partial charge in [-0.05, 0) is 154 Å². The fraction of sp³-hybridized carbons (Fsp3) is 0.591.